The average Bonchev–Trinajstić information content (AvgIpc) is 2.82. The fraction of sp³-hybridized carbons (Fsp3) is 0.433. The van der Waals surface area contributed by atoms with Crippen molar-refractivity contribution in [1.29, 1.82) is 0 Å². The van der Waals surface area contributed by atoms with E-state index in [9.17, 15) is 4.79 Å². The monoisotopic (exact) mass is 474 g/mol. The number of carbonyl (C=O) groups excluding carboxylic acids is 1. The summed E-state index contributed by atoms with van der Waals surface area (Å²) in [6.45, 7) is 10.3. The molecule has 2 unspecified atom stereocenters. The molecule has 0 radical (unpaired) electrons. The molecule has 0 heterocycles. The fourth-order valence-corrected chi connectivity index (χ4v) is 10.3. The second-order valence-electron chi connectivity index (χ2n) is 11.7. The third-order valence-corrected chi connectivity index (χ3v) is 12.0. The molecule has 2 bridgehead atoms. The number of benzene rings is 3. The minimum absolute atomic E-state index is 0.0539. The van der Waals surface area contributed by atoms with Crippen LogP contribution < -0.4 is 10.6 Å². The maximum Gasteiger partial charge on any atom is 0.310 e. The summed E-state index contributed by atoms with van der Waals surface area (Å²) < 4.78 is 21.6. The molecule has 0 N–H and O–H groups in total. The first-order valence-electron chi connectivity index (χ1n) is 12.4. The Morgan fingerprint density at radius 2 is 1.56 bits per heavy atom. The molecule has 3 aromatic rings. The summed E-state index contributed by atoms with van der Waals surface area (Å²) in [5.74, 6) is 0.0701. The maximum absolute atomic E-state index is 15.6. The van der Waals surface area contributed by atoms with E-state index in [2.05, 4.69) is 32.0 Å². The van der Waals surface area contributed by atoms with Crippen LogP contribution in [0.2, 0.25) is 0 Å². The van der Waals surface area contributed by atoms with E-state index in [4.69, 9.17) is 4.74 Å². The Morgan fingerprint density at radius 1 is 0.912 bits per heavy atom. The fourth-order valence-electron chi connectivity index (χ4n) is 6.49. The molecule has 0 saturated heterocycles. The molecule has 0 aromatic heterocycles. The highest BCUT2D eigenvalue weighted by Crippen LogP contribution is 2.69. The van der Waals surface area contributed by atoms with Crippen molar-refractivity contribution < 1.29 is 14.1 Å². The zero-order valence-electron chi connectivity index (χ0n) is 20.8. The van der Waals surface area contributed by atoms with Gasteiger partial charge in [-0.15, -0.1) is 0 Å². The zero-order valence-corrected chi connectivity index (χ0v) is 21.7. The van der Waals surface area contributed by atoms with Crippen LogP contribution >= 0.6 is 7.14 Å². The van der Waals surface area contributed by atoms with Gasteiger partial charge in [0, 0.05) is 16.3 Å². The second-order valence-corrected chi connectivity index (χ2v) is 14.7. The molecule has 178 valence electrons. The van der Waals surface area contributed by atoms with Crippen molar-refractivity contribution in [2.45, 2.75) is 58.7 Å². The van der Waals surface area contributed by atoms with Gasteiger partial charge in [0.15, 0.2) is 0 Å². The predicted octanol–water partition coefficient (Wildman–Crippen LogP) is 6.55. The lowest BCUT2D eigenvalue weighted by molar-refractivity contribution is -0.179. The van der Waals surface area contributed by atoms with Gasteiger partial charge in [-0.05, 0) is 61.6 Å². The highest BCUT2D eigenvalue weighted by Gasteiger charge is 2.64. The SMILES string of the molecule is CC(C)(C)OC(=O)[C@H]1[C@@H]2CC(C[C@@H]1P(=O)(c1ccccc1)c1cccc3ccccc13)C2(C)C. The molecule has 3 saturated carbocycles. The summed E-state index contributed by atoms with van der Waals surface area (Å²) in [5.41, 5.74) is -0.798. The van der Waals surface area contributed by atoms with Gasteiger partial charge in [-0.1, -0.05) is 86.6 Å². The lowest BCUT2D eigenvalue weighted by Gasteiger charge is -2.62. The smallest absolute Gasteiger partial charge is 0.310 e. The van der Waals surface area contributed by atoms with Crippen LogP contribution in [0.4, 0.5) is 0 Å². The molecular weight excluding hydrogens is 439 g/mol. The van der Waals surface area contributed by atoms with E-state index in [-0.39, 0.29) is 28.9 Å². The van der Waals surface area contributed by atoms with Gasteiger partial charge in [-0.25, -0.2) is 0 Å². The van der Waals surface area contributed by atoms with Crippen LogP contribution in [0, 0.1) is 23.2 Å². The van der Waals surface area contributed by atoms with E-state index >= 15 is 4.57 Å². The van der Waals surface area contributed by atoms with Crippen molar-refractivity contribution in [1.82, 2.24) is 0 Å². The van der Waals surface area contributed by atoms with E-state index in [1.165, 1.54) is 0 Å². The predicted molar refractivity (Wildman–Crippen MR) is 140 cm³/mol. The number of hydrogen-bond donors (Lipinski definition) is 0. The Bertz CT molecular complexity index is 1270. The highest BCUT2D eigenvalue weighted by atomic mass is 31.2. The molecule has 5 atom stereocenters. The van der Waals surface area contributed by atoms with Crippen molar-refractivity contribution in [3.8, 4) is 0 Å². The van der Waals surface area contributed by atoms with E-state index in [1.807, 2.05) is 75.4 Å². The van der Waals surface area contributed by atoms with E-state index in [0.717, 1.165) is 34.2 Å². The van der Waals surface area contributed by atoms with Gasteiger partial charge in [0.05, 0.1) is 5.92 Å². The van der Waals surface area contributed by atoms with Crippen molar-refractivity contribution in [2.75, 3.05) is 0 Å². The standard InChI is InChI=1S/C30H35O3P/c1-29(2,3)33-28(31)27-24-18-21(30(24,4)5)19-26(27)34(32,22-14-7-6-8-15-22)25-17-11-13-20-12-9-10-16-23(20)25/h6-17,21,24,26-27H,18-19H2,1-5H3/t21?,24-,26-,27-,34?/m0/s1. The van der Waals surface area contributed by atoms with E-state index in [1.54, 1.807) is 0 Å². The van der Waals surface area contributed by atoms with Crippen molar-refractivity contribution >= 4 is 34.5 Å². The van der Waals surface area contributed by atoms with Crippen LogP contribution in [-0.2, 0) is 14.1 Å². The van der Waals surface area contributed by atoms with Crippen molar-refractivity contribution in [2.24, 2.45) is 23.2 Å². The molecule has 0 spiro atoms. The number of carbonyl (C=O) groups is 1. The van der Waals surface area contributed by atoms with Crippen LogP contribution in [0.15, 0.2) is 72.8 Å². The summed E-state index contributed by atoms with van der Waals surface area (Å²) in [6, 6.07) is 24.1. The van der Waals surface area contributed by atoms with Crippen LogP contribution in [0.1, 0.15) is 47.5 Å². The minimum atomic E-state index is -3.18. The maximum atomic E-state index is 15.6. The van der Waals surface area contributed by atoms with Crippen molar-refractivity contribution in [3.05, 3.63) is 72.8 Å². The Morgan fingerprint density at radius 3 is 2.24 bits per heavy atom. The molecule has 34 heavy (non-hydrogen) atoms. The van der Waals surface area contributed by atoms with Crippen LogP contribution in [-0.4, -0.2) is 17.2 Å². The summed E-state index contributed by atoms with van der Waals surface area (Å²) in [7, 11) is -3.18. The Hall–Kier alpha value is -2.38. The minimum Gasteiger partial charge on any atom is -0.460 e. The van der Waals surface area contributed by atoms with Crippen LogP contribution in [0.3, 0.4) is 0 Å². The molecule has 6 rings (SSSR count). The van der Waals surface area contributed by atoms with Crippen LogP contribution in [0.25, 0.3) is 10.8 Å². The molecule has 0 aliphatic heterocycles. The van der Waals surface area contributed by atoms with E-state index < -0.39 is 12.7 Å². The zero-order chi connectivity index (χ0) is 24.3. The first-order chi connectivity index (χ1) is 16.0. The largest absolute Gasteiger partial charge is 0.460 e. The second kappa shape index (κ2) is 8.09. The molecule has 4 heteroatoms. The highest BCUT2D eigenvalue weighted by molar-refractivity contribution is 7.79. The van der Waals surface area contributed by atoms with Gasteiger partial charge in [0.1, 0.15) is 12.7 Å². The molecular formula is C30H35O3P. The first-order valence-corrected chi connectivity index (χ1v) is 14.2. The lowest BCUT2D eigenvalue weighted by Crippen LogP contribution is -2.61. The van der Waals surface area contributed by atoms with Gasteiger partial charge in [-0.2, -0.15) is 0 Å². The summed E-state index contributed by atoms with van der Waals surface area (Å²) in [6.07, 6.45) is 1.79. The van der Waals surface area contributed by atoms with Crippen LogP contribution in [0.5, 0.6) is 0 Å². The van der Waals surface area contributed by atoms with Crippen molar-refractivity contribution in [3.63, 3.8) is 0 Å². The quantitative estimate of drug-likeness (QED) is 0.318. The molecule has 3 aromatic carbocycles. The Kier molecular flexibility index (Phi) is 5.56. The topological polar surface area (TPSA) is 43.4 Å². The molecule has 3 nitrogen and oxygen atoms in total. The van der Waals surface area contributed by atoms with Gasteiger partial charge in [-0.3, -0.25) is 4.79 Å². The van der Waals surface area contributed by atoms with E-state index in [0.29, 0.717) is 5.92 Å². The molecule has 0 amide bonds. The normalized spacial score (nSPS) is 27.4. The first kappa shape index (κ1) is 23.4. The molecule has 3 aliphatic rings. The molecule has 3 aliphatic carbocycles. The Balaban J connectivity index is 1.73. The summed E-state index contributed by atoms with van der Waals surface area (Å²) in [5, 5.41) is 3.79. The van der Waals surface area contributed by atoms with Gasteiger partial charge in [0.2, 0.25) is 0 Å². The third kappa shape index (κ3) is 3.64. The number of ether oxygens (including phenoxy) is 1. The third-order valence-electron chi connectivity index (χ3n) is 8.33. The number of rotatable bonds is 4. The summed E-state index contributed by atoms with van der Waals surface area (Å²) in [4.78, 5) is 13.8. The van der Waals surface area contributed by atoms with Gasteiger partial charge < -0.3 is 9.30 Å². The summed E-state index contributed by atoms with van der Waals surface area (Å²) >= 11 is 0. The Labute approximate surface area is 203 Å². The number of fused-ring (bicyclic) bond motifs is 3. The van der Waals surface area contributed by atoms with Gasteiger partial charge >= 0.3 is 5.97 Å². The molecule has 3 fully saturated rings. The number of hydrogen-bond acceptors (Lipinski definition) is 3. The lowest BCUT2D eigenvalue weighted by atomic mass is 9.45. The average molecular weight is 475 g/mol. The van der Waals surface area contributed by atoms with Gasteiger partial charge in [0.25, 0.3) is 0 Å². The number of esters is 1.